The molecule has 3 aromatic rings. The van der Waals surface area contributed by atoms with Crippen LogP contribution in [-0.4, -0.2) is 28.4 Å². The van der Waals surface area contributed by atoms with E-state index in [1.54, 1.807) is 0 Å². The maximum atomic E-state index is 11.4. The number of nitrogens with zero attached hydrogens (tertiary/aromatic N) is 3. The molecule has 0 amide bonds. The fraction of sp³-hybridized carbons (Fsp3) is 0. The monoisotopic (exact) mass is 322 g/mol. The Kier molecular flexibility index (Phi) is 3.27. The van der Waals surface area contributed by atoms with Crippen molar-refractivity contribution in [2.45, 2.75) is 14.8 Å². The first kappa shape index (κ1) is 13.8. The number of imidazole rings is 1. The highest BCUT2D eigenvalue weighted by atomic mass is 32.2. The average Bonchev–Trinajstić information content (AvgIpc) is 2.89. The molecule has 0 aliphatic rings. The number of primary sulfonamides is 1. The molecular weight excluding hydrogens is 312 g/mol. The van der Waals surface area contributed by atoms with Gasteiger partial charge in [0.2, 0.25) is 10.0 Å². The summed E-state index contributed by atoms with van der Waals surface area (Å²) in [7, 11) is -3.79. The van der Waals surface area contributed by atoms with Crippen LogP contribution < -0.4 is 10.9 Å². The van der Waals surface area contributed by atoms with E-state index in [0.29, 0.717) is 26.8 Å². The molecule has 108 valence electrons. The standard InChI is InChI=1S/C11H10N6O2S2/c12-7-2-1-6(21(13,18)19)3-8(7)20-11-9-10(15-4-14-9)16-5-17-11/h1-5H,12H2,(H2,13,18,19)(H,14,15,16,17). The second-order valence-corrected chi connectivity index (χ2v) is 6.72. The summed E-state index contributed by atoms with van der Waals surface area (Å²) in [6.45, 7) is 0. The van der Waals surface area contributed by atoms with E-state index in [2.05, 4.69) is 19.9 Å². The topological polar surface area (TPSA) is 141 Å². The van der Waals surface area contributed by atoms with Crippen LogP contribution in [0.1, 0.15) is 0 Å². The van der Waals surface area contributed by atoms with E-state index in [-0.39, 0.29) is 4.90 Å². The van der Waals surface area contributed by atoms with E-state index < -0.39 is 10.0 Å². The zero-order valence-corrected chi connectivity index (χ0v) is 12.1. The van der Waals surface area contributed by atoms with Crippen molar-refractivity contribution in [1.82, 2.24) is 19.9 Å². The van der Waals surface area contributed by atoms with E-state index in [9.17, 15) is 8.42 Å². The van der Waals surface area contributed by atoms with Crippen molar-refractivity contribution >= 4 is 38.6 Å². The van der Waals surface area contributed by atoms with Crippen molar-refractivity contribution in [1.29, 1.82) is 0 Å². The van der Waals surface area contributed by atoms with Crippen LogP contribution in [0.3, 0.4) is 0 Å². The van der Waals surface area contributed by atoms with Crippen molar-refractivity contribution in [3.05, 3.63) is 30.9 Å². The van der Waals surface area contributed by atoms with Crippen LogP contribution in [0.15, 0.2) is 45.7 Å². The first-order valence-electron chi connectivity index (χ1n) is 5.69. The fourth-order valence-electron chi connectivity index (χ4n) is 1.70. The molecule has 2 aromatic heterocycles. The quantitative estimate of drug-likeness (QED) is 0.477. The summed E-state index contributed by atoms with van der Waals surface area (Å²) in [5.41, 5.74) is 7.48. The lowest BCUT2D eigenvalue weighted by molar-refractivity contribution is 0.597. The molecule has 0 saturated carbocycles. The molecule has 0 saturated heterocycles. The Labute approximate surface area is 124 Å². The van der Waals surface area contributed by atoms with Crippen LogP contribution in [0.25, 0.3) is 11.2 Å². The summed E-state index contributed by atoms with van der Waals surface area (Å²) in [5.74, 6) is 0. The van der Waals surface area contributed by atoms with Crippen LogP contribution in [0.2, 0.25) is 0 Å². The molecule has 0 bridgehead atoms. The second kappa shape index (κ2) is 4.98. The van der Waals surface area contributed by atoms with E-state index in [0.717, 1.165) is 0 Å². The van der Waals surface area contributed by atoms with E-state index >= 15 is 0 Å². The number of nitrogens with one attached hydrogen (secondary N) is 1. The molecule has 2 heterocycles. The zero-order chi connectivity index (χ0) is 15.0. The van der Waals surface area contributed by atoms with Crippen LogP contribution >= 0.6 is 11.8 Å². The number of hydrogen-bond acceptors (Lipinski definition) is 7. The SMILES string of the molecule is Nc1ccc(S(N)(=O)=O)cc1Sc1ncnc2nc[nH]c12. The molecule has 0 spiro atoms. The third-order valence-corrected chi connectivity index (χ3v) is 4.70. The van der Waals surface area contributed by atoms with E-state index in [1.807, 2.05) is 0 Å². The zero-order valence-electron chi connectivity index (χ0n) is 10.5. The molecule has 21 heavy (non-hydrogen) atoms. The largest absolute Gasteiger partial charge is 0.398 e. The van der Waals surface area contributed by atoms with Gasteiger partial charge in [-0.05, 0) is 18.2 Å². The number of sulfonamides is 1. The van der Waals surface area contributed by atoms with Crippen molar-refractivity contribution in [2.24, 2.45) is 5.14 Å². The lowest BCUT2D eigenvalue weighted by atomic mass is 10.3. The first-order valence-corrected chi connectivity index (χ1v) is 8.06. The molecule has 0 fully saturated rings. The number of anilines is 1. The van der Waals surface area contributed by atoms with E-state index in [1.165, 1.54) is 42.6 Å². The number of rotatable bonds is 3. The van der Waals surface area contributed by atoms with Gasteiger partial charge in [-0.3, -0.25) is 0 Å². The Morgan fingerprint density at radius 1 is 1.19 bits per heavy atom. The van der Waals surface area contributed by atoms with Gasteiger partial charge in [-0.1, -0.05) is 11.8 Å². The molecule has 3 rings (SSSR count). The van der Waals surface area contributed by atoms with E-state index in [4.69, 9.17) is 10.9 Å². The molecule has 0 aliphatic carbocycles. The summed E-state index contributed by atoms with van der Waals surface area (Å²) in [4.78, 5) is 15.7. The predicted molar refractivity (Wildman–Crippen MR) is 78.0 cm³/mol. The summed E-state index contributed by atoms with van der Waals surface area (Å²) in [6, 6.07) is 4.27. The van der Waals surface area contributed by atoms with Crippen LogP contribution in [-0.2, 0) is 10.0 Å². The molecule has 0 radical (unpaired) electrons. The Morgan fingerprint density at radius 2 is 2.00 bits per heavy atom. The summed E-state index contributed by atoms with van der Waals surface area (Å²) >= 11 is 1.21. The third-order valence-electron chi connectivity index (χ3n) is 2.71. The van der Waals surface area contributed by atoms with Gasteiger partial charge < -0.3 is 10.7 Å². The minimum atomic E-state index is -3.79. The van der Waals surface area contributed by atoms with Gasteiger partial charge >= 0.3 is 0 Å². The number of H-pyrrole nitrogens is 1. The minimum absolute atomic E-state index is 0.00545. The van der Waals surface area contributed by atoms with Crippen LogP contribution in [0.4, 0.5) is 5.69 Å². The number of aromatic amines is 1. The Hall–Kier alpha value is -2.17. The summed E-state index contributed by atoms with van der Waals surface area (Å²) in [5, 5.41) is 5.72. The number of aromatic nitrogens is 4. The third kappa shape index (κ3) is 2.68. The lowest BCUT2D eigenvalue weighted by Crippen LogP contribution is -2.12. The van der Waals surface area contributed by atoms with Gasteiger partial charge in [-0.2, -0.15) is 0 Å². The van der Waals surface area contributed by atoms with Gasteiger partial charge in [0.15, 0.2) is 5.65 Å². The van der Waals surface area contributed by atoms with Crippen molar-refractivity contribution in [3.63, 3.8) is 0 Å². The fourth-order valence-corrected chi connectivity index (χ4v) is 3.25. The molecule has 0 atom stereocenters. The highest BCUT2D eigenvalue weighted by Crippen LogP contribution is 2.34. The van der Waals surface area contributed by atoms with Crippen molar-refractivity contribution in [3.8, 4) is 0 Å². The van der Waals surface area contributed by atoms with Gasteiger partial charge in [-0.15, -0.1) is 0 Å². The molecule has 8 nitrogen and oxygen atoms in total. The molecule has 0 unspecified atom stereocenters. The maximum Gasteiger partial charge on any atom is 0.238 e. The summed E-state index contributed by atoms with van der Waals surface area (Å²) in [6.07, 6.45) is 2.89. The molecular formula is C11H10N6O2S2. The second-order valence-electron chi connectivity index (χ2n) is 4.13. The Balaban J connectivity index is 2.07. The smallest absolute Gasteiger partial charge is 0.238 e. The van der Waals surface area contributed by atoms with Gasteiger partial charge in [-0.25, -0.2) is 28.5 Å². The van der Waals surface area contributed by atoms with Gasteiger partial charge in [0.1, 0.15) is 16.9 Å². The molecule has 1 aromatic carbocycles. The minimum Gasteiger partial charge on any atom is -0.398 e. The summed E-state index contributed by atoms with van der Waals surface area (Å²) < 4.78 is 22.8. The van der Waals surface area contributed by atoms with Crippen LogP contribution in [0, 0.1) is 0 Å². The number of nitrogens with two attached hydrogens (primary N) is 2. The van der Waals surface area contributed by atoms with Crippen LogP contribution in [0.5, 0.6) is 0 Å². The Morgan fingerprint density at radius 3 is 2.76 bits per heavy atom. The molecule has 10 heteroatoms. The lowest BCUT2D eigenvalue weighted by Gasteiger charge is -2.07. The highest BCUT2D eigenvalue weighted by Gasteiger charge is 2.14. The first-order chi connectivity index (χ1) is 9.95. The number of fused-ring (bicyclic) bond motifs is 1. The average molecular weight is 322 g/mol. The van der Waals surface area contributed by atoms with Gasteiger partial charge in [0.05, 0.1) is 11.2 Å². The maximum absolute atomic E-state index is 11.4. The highest BCUT2D eigenvalue weighted by molar-refractivity contribution is 7.99. The Bertz CT molecular complexity index is 921. The predicted octanol–water partition coefficient (Wildman–Crippen LogP) is 0.734. The normalized spacial score (nSPS) is 11.9. The number of benzene rings is 1. The number of nitrogen functional groups attached to an aromatic ring is 1. The van der Waals surface area contributed by atoms with Gasteiger partial charge in [0.25, 0.3) is 0 Å². The van der Waals surface area contributed by atoms with Crippen molar-refractivity contribution < 1.29 is 8.42 Å². The van der Waals surface area contributed by atoms with Gasteiger partial charge in [0, 0.05) is 10.6 Å². The molecule has 5 N–H and O–H groups in total. The molecule has 0 aliphatic heterocycles. The number of hydrogen-bond donors (Lipinski definition) is 3. The van der Waals surface area contributed by atoms with Crippen molar-refractivity contribution in [2.75, 3.05) is 5.73 Å².